The lowest BCUT2D eigenvalue weighted by atomic mass is 10.1. The van der Waals surface area contributed by atoms with Crippen LogP contribution in [0, 0.1) is 6.92 Å². The molecule has 0 aliphatic heterocycles. The molecule has 0 atom stereocenters. The van der Waals surface area contributed by atoms with Gasteiger partial charge in [0.25, 0.3) is 0 Å². The van der Waals surface area contributed by atoms with E-state index in [2.05, 4.69) is 5.32 Å². The zero-order valence-electron chi connectivity index (χ0n) is 16.9. The normalized spacial score (nSPS) is 10.9. The molecular formula is C24H22ClN3O2. The van der Waals surface area contributed by atoms with Crippen molar-refractivity contribution in [3.8, 4) is 17.0 Å². The Kier molecular flexibility index (Phi) is 5.72. The van der Waals surface area contributed by atoms with Crippen LogP contribution in [-0.4, -0.2) is 22.4 Å². The first-order valence-corrected chi connectivity index (χ1v) is 10.1. The zero-order chi connectivity index (χ0) is 21.1. The molecule has 0 radical (unpaired) electrons. The van der Waals surface area contributed by atoms with E-state index in [4.69, 9.17) is 21.3 Å². The molecule has 0 saturated heterocycles. The van der Waals surface area contributed by atoms with Gasteiger partial charge in [-0.2, -0.15) is 0 Å². The van der Waals surface area contributed by atoms with E-state index in [1.54, 1.807) is 7.11 Å². The van der Waals surface area contributed by atoms with Crippen molar-refractivity contribution in [2.45, 2.75) is 19.8 Å². The summed E-state index contributed by atoms with van der Waals surface area (Å²) in [5.74, 6) is 0.520. The van der Waals surface area contributed by atoms with E-state index >= 15 is 0 Å². The Hall–Kier alpha value is -3.31. The van der Waals surface area contributed by atoms with E-state index in [-0.39, 0.29) is 5.91 Å². The largest absolute Gasteiger partial charge is 0.495 e. The number of halogens is 1. The predicted molar refractivity (Wildman–Crippen MR) is 120 cm³/mol. The number of pyridine rings is 1. The predicted octanol–water partition coefficient (Wildman–Crippen LogP) is 5.54. The van der Waals surface area contributed by atoms with Crippen molar-refractivity contribution < 1.29 is 9.53 Å². The van der Waals surface area contributed by atoms with Gasteiger partial charge in [-0.15, -0.1) is 0 Å². The van der Waals surface area contributed by atoms with Crippen molar-refractivity contribution >= 4 is 28.8 Å². The number of hydrogen-bond acceptors (Lipinski definition) is 3. The minimum Gasteiger partial charge on any atom is -0.495 e. The molecular weight excluding hydrogens is 398 g/mol. The van der Waals surface area contributed by atoms with Crippen LogP contribution >= 0.6 is 11.6 Å². The molecule has 0 spiro atoms. The molecule has 0 saturated carbocycles. The number of hydrogen-bond donors (Lipinski definition) is 1. The topological polar surface area (TPSA) is 55.6 Å². The van der Waals surface area contributed by atoms with Gasteiger partial charge in [-0.1, -0.05) is 29.8 Å². The van der Waals surface area contributed by atoms with E-state index in [1.807, 2.05) is 78.3 Å². The number of methoxy groups -OCH3 is 1. The molecule has 0 fully saturated rings. The van der Waals surface area contributed by atoms with Gasteiger partial charge in [-0.25, -0.2) is 4.98 Å². The number of carbonyl (C=O) groups is 1. The molecule has 4 rings (SSSR count). The summed E-state index contributed by atoms with van der Waals surface area (Å²) < 4.78 is 7.43. The number of amides is 1. The Morgan fingerprint density at radius 3 is 2.80 bits per heavy atom. The van der Waals surface area contributed by atoms with E-state index < -0.39 is 0 Å². The Bertz CT molecular complexity index is 1220. The average Bonchev–Trinajstić information content (AvgIpc) is 3.18. The lowest BCUT2D eigenvalue weighted by Crippen LogP contribution is -2.13. The SMILES string of the molecule is COc1ccc(-c2cn3cccc(C)c3n2)cc1NC(=O)CCc1cccc(Cl)c1. The van der Waals surface area contributed by atoms with Crippen LogP contribution < -0.4 is 10.1 Å². The van der Waals surface area contributed by atoms with Crippen LogP contribution in [0.3, 0.4) is 0 Å². The van der Waals surface area contributed by atoms with Crippen LogP contribution in [0.2, 0.25) is 5.02 Å². The number of carbonyl (C=O) groups excluding carboxylic acids is 1. The van der Waals surface area contributed by atoms with Crippen molar-refractivity contribution in [2.24, 2.45) is 0 Å². The standard InChI is InChI=1S/C24H22ClN3O2/c1-16-5-4-12-28-15-21(27-24(16)28)18-9-10-22(30-2)20(14-18)26-23(29)11-8-17-6-3-7-19(25)13-17/h3-7,9-10,12-15H,8,11H2,1-2H3,(H,26,29). The molecule has 6 heteroatoms. The van der Waals surface area contributed by atoms with Crippen molar-refractivity contribution in [2.75, 3.05) is 12.4 Å². The molecule has 0 aliphatic carbocycles. The number of aromatic nitrogens is 2. The molecule has 1 amide bonds. The van der Waals surface area contributed by atoms with Crippen molar-refractivity contribution in [1.29, 1.82) is 0 Å². The maximum Gasteiger partial charge on any atom is 0.224 e. The molecule has 0 bridgehead atoms. The van der Waals surface area contributed by atoms with Crippen LogP contribution in [-0.2, 0) is 11.2 Å². The third-order valence-electron chi connectivity index (χ3n) is 4.98. The number of fused-ring (bicyclic) bond motifs is 1. The second-order valence-electron chi connectivity index (χ2n) is 7.14. The smallest absolute Gasteiger partial charge is 0.224 e. The molecule has 1 N–H and O–H groups in total. The van der Waals surface area contributed by atoms with E-state index in [0.717, 1.165) is 28.0 Å². The fourth-order valence-electron chi connectivity index (χ4n) is 3.42. The summed E-state index contributed by atoms with van der Waals surface area (Å²) in [6.07, 6.45) is 4.91. The first-order chi connectivity index (χ1) is 14.5. The highest BCUT2D eigenvalue weighted by Crippen LogP contribution is 2.31. The quantitative estimate of drug-likeness (QED) is 0.446. The monoisotopic (exact) mass is 419 g/mol. The Morgan fingerprint density at radius 1 is 1.17 bits per heavy atom. The van der Waals surface area contributed by atoms with Gasteiger partial charge in [-0.05, 0) is 60.9 Å². The van der Waals surface area contributed by atoms with Gasteiger partial charge in [-0.3, -0.25) is 4.79 Å². The van der Waals surface area contributed by atoms with Crippen molar-refractivity contribution in [3.05, 3.63) is 83.1 Å². The average molecular weight is 420 g/mol. The van der Waals surface area contributed by atoms with Crippen molar-refractivity contribution in [1.82, 2.24) is 9.38 Å². The second-order valence-corrected chi connectivity index (χ2v) is 7.58. The second kappa shape index (κ2) is 8.59. The first-order valence-electron chi connectivity index (χ1n) is 9.70. The molecule has 4 aromatic rings. The number of nitrogens with zero attached hydrogens (tertiary/aromatic N) is 2. The summed E-state index contributed by atoms with van der Waals surface area (Å²) in [7, 11) is 1.59. The summed E-state index contributed by atoms with van der Waals surface area (Å²) in [6.45, 7) is 2.03. The Morgan fingerprint density at radius 2 is 2.03 bits per heavy atom. The van der Waals surface area contributed by atoms with E-state index in [1.165, 1.54) is 0 Å². The molecule has 0 aliphatic rings. The number of ether oxygens (including phenoxy) is 1. The fourth-order valence-corrected chi connectivity index (χ4v) is 3.63. The lowest BCUT2D eigenvalue weighted by molar-refractivity contribution is -0.116. The fraction of sp³-hybridized carbons (Fsp3) is 0.167. The zero-order valence-corrected chi connectivity index (χ0v) is 17.6. The molecule has 152 valence electrons. The van der Waals surface area contributed by atoms with Crippen molar-refractivity contribution in [3.63, 3.8) is 0 Å². The van der Waals surface area contributed by atoms with E-state index in [0.29, 0.717) is 29.3 Å². The van der Waals surface area contributed by atoms with Crippen LogP contribution in [0.4, 0.5) is 5.69 Å². The van der Waals surface area contributed by atoms with Crippen LogP contribution in [0.25, 0.3) is 16.9 Å². The van der Waals surface area contributed by atoms with Gasteiger partial charge in [0, 0.05) is 29.4 Å². The van der Waals surface area contributed by atoms with Gasteiger partial charge in [0.2, 0.25) is 5.91 Å². The Labute approximate surface area is 180 Å². The van der Waals surface area contributed by atoms with Crippen LogP contribution in [0.15, 0.2) is 67.0 Å². The molecule has 2 heterocycles. The van der Waals surface area contributed by atoms with Gasteiger partial charge in [0.1, 0.15) is 11.4 Å². The highest BCUT2D eigenvalue weighted by molar-refractivity contribution is 6.30. The van der Waals surface area contributed by atoms with Crippen LogP contribution in [0.1, 0.15) is 17.5 Å². The highest BCUT2D eigenvalue weighted by Gasteiger charge is 2.12. The number of anilines is 1. The summed E-state index contributed by atoms with van der Waals surface area (Å²) in [5, 5.41) is 3.64. The number of nitrogens with one attached hydrogen (secondary N) is 1. The number of rotatable bonds is 6. The minimum absolute atomic E-state index is 0.0868. The summed E-state index contributed by atoms with van der Waals surface area (Å²) in [5.41, 5.74) is 5.41. The number of aryl methyl sites for hydroxylation is 2. The highest BCUT2D eigenvalue weighted by atomic mass is 35.5. The molecule has 5 nitrogen and oxygen atoms in total. The Balaban J connectivity index is 1.54. The van der Waals surface area contributed by atoms with Gasteiger partial charge in [0.15, 0.2) is 0 Å². The minimum atomic E-state index is -0.0868. The third-order valence-corrected chi connectivity index (χ3v) is 5.21. The number of benzene rings is 2. The summed E-state index contributed by atoms with van der Waals surface area (Å²) in [4.78, 5) is 17.3. The third kappa shape index (κ3) is 4.31. The molecule has 2 aromatic carbocycles. The van der Waals surface area contributed by atoms with Gasteiger partial charge in [0.05, 0.1) is 18.5 Å². The molecule has 0 unspecified atom stereocenters. The molecule has 30 heavy (non-hydrogen) atoms. The maximum absolute atomic E-state index is 12.6. The van der Waals surface area contributed by atoms with Gasteiger partial charge < -0.3 is 14.5 Å². The maximum atomic E-state index is 12.6. The first kappa shape index (κ1) is 20.0. The van der Waals surface area contributed by atoms with Gasteiger partial charge >= 0.3 is 0 Å². The summed E-state index contributed by atoms with van der Waals surface area (Å²) >= 11 is 6.02. The van der Waals surface area contributed by atoms with E-state index in [9.17, 15) is 4.79 Å². The molecule has 2 aromatic heterocycles. The van der Waals surface area contributed by atoms with Crippen LogP contribution in [0.5, 0.6) is 5.75 Å². The summed E-state index contributed by atoms with van der Waals surface area (Å²) in [6, 6.07) is 17.3. The number of imidazole rings is 1. The lowest BCUT2D eigenvalue weighted by Gasteiger charge is -2.12.